The average Bonchev–Trinajstić information content (AvgIpc) is 2.32. The van der Waals surface area contributed by atoms with Gasteiger partial charge >= 0.3 is 0 Å². The zero-order valence-electron chi connectivity index (χ0n) is 10.8. The van der Waals surface area contributed by atoms with Gasteiger partial charge in [-0.3, -0.25) is 4.79 Å². The van der Waals surface area contributed by atoms with Crippen molar-refractivity contribution in [2.45, 2.75) is 52.4 Å². The fraction of sp³-hybridized carbons (Fsp3) is 0.533. The van der Waals surface area contributed by atoms with Crippen LogP contribution in [0.15, 0.2) is 22.7 Å². The highest BCUT2D eigenvalue weighted by Crippen LogP contribution is 2.23. The fourth-order valence-corrected chi connectivity index (χ4v) is 2.37. The summed E-state index contributed by atoms with van der Waals surface area (Å²) in [6.07, 6.45) is 6.63. The van der Waals surface area contributed by atoms with Crippen LogP contribution in [0.1, 0.15) is 61.4 Å². The molecule has 0 saturated heterocycles. The molecule has 1 rings (SSSR count). The molecule has 17 heavy (non-hydrogen) atoms. The Morgan fingerprint density at radius 3 is 2.59 bits per heavy atom. The predicted molar refractivity (Wildman–Crippen MR) is 76.6 cm³/mol. The van der Waals surface area contributed by atoms with Gasteiger partial charge in [-0.25, -0.2) is 0 Å². The van der Waals surface area contributed by atoms with Crippen molar-refractivity contribution in [3.8, 4) is 0 Å². The van der Waals surface area contributed by atoms with Crippen molar-refractivity contribution in [3.63, 3.8) is 0 Å². The molecule has 0 radical (unpaired) electrons. The smallest absolute Gasteiger partial charge is 0.164 e. The summed E-state index contributed by atoms with van der Waals surface area (Å²) in [5.74, 6) is 0.261. The third-order valence-corrected chi connectivity index (χ3v) is 4.05. The lowest BCUT2D eigenvalue weighted by Crippen LogP contribution is -2.01. The van der Waals surface area contributed by atoms with E-state index < -0.39 is 0 Å². The van der Waals surface area contributed by atoms with E-state index in [1.165, 1.54) is 25.7 Å². The van der Waals surface area contributed by atoms with Gasteiger partial charge in [0.15, 0.2) is 5.78 Å². The van der Waals surface area contributed by atoms with Crippen molar-refractivity contribution in [2.24, 2.45) is 0 Å². The van der Waals surface area contributed by atoms with E-state index in [9.17, 15) is 4.79 Å². The van der Waals surface area contributed by atoms with E-state index in [-0.39, 0.29) is 5.78 Å². The minimum absolute atomic E-state index is 0.261. The van der Waals surface area contributed by atoms with Crippen LogP contribution >= 0.6 is 15.9 Å². The topological polar surface area (TPSA) is 17.1 Å². The van der Waals surface area contributed by atoms with Crippen LogP contribution in [-0.4, -0.2) is 5.78 Å². The lowest BCUT2D eigenvalue weighted by Gasteiger charge is -2.06. The molecule has 0 unspecified atom stereocenters. The Labute approximate surface area is 113 Å². The van der Waals surface area contributed by atoms with Gasteiger partial charge in [-0.15, -0.1) is 0 Å². The molecule has 1 nitrogen and oxygen atoms in total. The van der Waals surface area contributed by atoms with Gasteiger partial charge in [-0.1, -0.05) is 50.8 Å². The van der Waals surface area contributed by atoms with Gasteiger partial charge in [0.25, 0.3) is 0 Å². The van der Waals surface area contributed by atoms with Gasteiger partial charge in [-0.05, 0) is 34.8 Å². The van der Waals surface area contributed by atoms with Crippen molar-refractivity contribution in [3.05, 3.63) is 33.8 Å². The molecule has 0 bridgehead atoms. The number of ketones is 1. The quantitative estimate of drug-likeness (QED) is 0.493. The van der Waals surface area contributed by atoms with Gasteiger partial charge in [0.05, 0.1) is 0 Å². The number of carbonyl (C=O) groups excluding carboxylic acids is 1. The van der Waals surface area contributed by atoms with Crippen LogP contribution in [0.25, 0.3) is 0 Å². The normalized spacial score (nSPS) is 10.5. The molecule has 0 amide bonds. The number of hydrogen-bond acceptors (Lipinski definition) is 1. The van der Waals surface area contributed by atoms with Crippen molar-refractivity contribution < 1.29 is 4.79 Å². The van der Waals surface area contributed by atoms with Crippen LogP contribution in [0.2, 0.25) is 0 Å². The first kappa shape index (κ1) is 14.4. The Morgan fingerprint density at radius 1 is 1.18 bits per heavy atom. The molecule has 0 N–H and O–H groups in total. The lowest BCUT2D eigenvalue weighted by atomic mass is 10.0. The highest BCUT2D eigenvalue weighted by Gasteiger charge is 2.10. The predicted octanol–water partition coefficient (Wildman–Crippen LogP) is 5.30. The van der Waals surface area contributed by atoms with E-state index in [0.717, 1.165) is 22.0 Å². The molecule has 94 valence electrons. The van der Waals surface area contributed by atoms with E-state index in [4.69, 9.17) is 0 Å². The Bertz CT molecular complexity index is 371. The zero-order chi connectivity index (χ0) is 12.7. The maximum absolute atomic E-state index is 12.0. The summed E-state index contributed by atoms with van der Waals surface area (Å²) in [6.45, 7) is 4.22. The Hall–Kier alpha value is -0.630. The Morgan fingerprint density at radius 2 is 1.88 bits per heavy atom. The summed E-state index contributed by atoms with van der Waals surface area (Å²) < 4.78 is 0.957. The number of unbranched alkanes of at least 4 members (excludes halogenated alkanes) is 4. The molecule has 0 spiro atoms. The van der Waals surface area contributed by atoms with E-state index in [1.807, 2.05) is 25.1 Å². The number of benzene rings is 1. The molecule has 0 fully saturated rings. The first-order valence-electron chi connectivity index (χ1n) is 6.45. The summed E-state index contributed by atoms with van der Waals surface area (Å²) >= 11 is 3.49. The summed E-state index contributed by atoms with van der Waals surface area (Å²) in [6, 6.07) is 5.87. The van der Waals surface area contributed by atoms with Crippen LogP contribution in [0.3, 0.4) is 0 Å². The first-order valence-corrected chi connectivity index (χ1v) is 7.24. The van der Waals surface area contributed by atoms with Gasteiger partial charge < -0.3 is 0 Å². The maximum Gasteiger partial charge on any atom is 0.164 e. The monoisotopic (exact) mass is 296 g/mol. The zero-order valence-corrected chi connectivity index (χ0v) is 12.3. The van der Waals surface area contributed by atoms with Gasteiger partial charge in [0, 0.05) is 16.5 Å². The standard InChI is InChI=1S/C15H21BrO/c1-3-4-5-6-7-11-14(17)13-10-8-9-12(2)15(13)16/h8-10H,3-7,11H2,1-2H3. The van der Waals surface area contributed by atoms with Crippen LogP contribution in [0, 0.1) is 6.92 Å². The molecule has 0 heterocycles. The van der Waals surface area contributed by atoms with Gasteiger partial charge in [0.2, 0.25) is 0 Å². The highest BCUT2D eigenvalue weighted by atomic mass is 79.9. The van der Waals surface area contributed by atoms with Crippen molar-refractivity contribution in [2.75, 3.05) is 0 Å². The number of carbonyl (C=O) groups is 1. The molecule has 0 atom stereocenters. The van der Waals surface area contributed by atoms with Crippen molar-refractivity contribution in [1.29, 1.82) is 0 Å². The van der Waals surface area contributed by atoms with Crippen LogP contribution in [0.5, 0.6) is 0 Å². The third-order valence-electron chi connectivity index (χ3n) is 3.00. The minimum atomic E-state index is 0.261. The molecule has 1 aromatic carbocycles. The molecule has 0 saturated carbocycles. The van der Waals surface area contributed by atoms with Crippen molar-refractivity contribution >= 4 is 21.7 Å². The van der Waals surface area contributed by atoms with Crippen LogP contribution < -0.4 is 0 Å². The second-order valence-corrected chi connectivity index (χ2v) is 5.32. The fourth-order valence-electron chi connectivity index (χ4n) is 1.89. The maximum atomic E-state index is 12.0. The summed E-state index contributed by atoms with van der Waals surface area (Å²) in [4.78, 5) is 12.0. The molecular formula is C15H21BrO. The third kappa shape index (κ3) is 4.63. The summed E-state index contributed by atoms with van der Waals surface area (Å²) in [5, 5.41) is 0. The number of aryl methyl sites for hydroxylation is 1. The van der Waals surface area contributed by atoms with E-state index in [2.05, 4.69) is 22.9 Å². The molecular weight excluding hydrogens is 276 g/mol. The Kier molecular flexibility index (Phi) is 6.49. The molecule has 2 heteroatoms. The number of halogens is 1. The lowest BCUT2D eigenvalue weighted by molar-refractivity contribution is 0.0978. The highest BCUT2D eigenvalue weighted by molar-refractivity contribution is 9.10. The van der Waals surface area contributed by atoms with Gasteiger partial charge in [-0.2, -0.15) is 0 Å². The minimum Gasteiger partial charge on any atom is -0.294 e. The first-order chi connectivity index (χ1) is 8.16. The largest absolute Gasteiger partial charge is 0.294 e. The molecule has 1 aromatic rings. The second kappa shape index (κ2) is 7.65. The second-order valence-electron chi connectivity index (χ2n) is 4.52. The van der Waals surface area contributed by atoms with E-state index in [1.54, 1.807) is 0 Å². The summed E-state index contributed by atoms with van der Waals surface area (Å²) in [7, 11) is 0. The van der Waals surface area contributed by atoms with Crippen LogP contribution in [0.4, 0.5) is 0 Å². The number of rotatable bonds is 7. The number of Topliss-reactive ketones (excluding diaryl/α,β-unsaturated/α-hetero) is 1. The average molecular weight is 297 g/mol. The molecule has 0 aliphatic heterocycles. The SMILES string of the molecule is CCCCCCCC(=O)c1cccc(C)c1Br. The molecule has 0 aliphatic rings. The number of hydrogen-bond donors (Lipinski definition) is 0. The Balaban J connectivity index is 2.44. The molecule has 0 aliphatic carbocycles. The van der Waals surface area contributed by atoms with E-state index in [0.29, 0.717) is 6.42 Å². The van der Waals surface area contributed by atoms with Gasteiger partial charge in [0.1, 0.15) is 0 Å². The van der Waals surface area contributed by atoms with E-state index >= 15 is 0 Å². The van der Waals surface area contributed by atoms with Crippen LogP contribution in [-0.2, 0) is 0 Å². The van der Waals surface area contributed by atoms with Crippen molar-refractivity contribution in [1.82, 2.24) is 0 Å². The molecule has 0 aromatic heterocycles. The summed E-state index contributed by atoms with van der Waals surface area (Å²) in [5.41, 5.74) is 1.96.